The summed E-state index contributed by atoms with van der Waals surface area (Å²) in [6.45, 7) is 5.06. The lowest BCUT2D eigenvalue weighted by molar-refractivity contribution is -0.146. The zero-order chi connectivity index (χ0) is 14.1. The summed E-state index contributed by atoms with van der Waals surface area (Å²) in [4.78, 5) is 33.6. The third-order valence-electron chi connectivity index (χ3n) is 2.46. The van der Waals surface area contributed by atoms with Gasteiger partial charge in [-0.1, -0.05) is 0 Å². The van der Waals surface area contributed by atoms with E-state index in [2.05, 4.69) is 10.1 Å². The van der Waals surface area contributed by atoms with Gasteiger partial charge >= 0.3 is 18.0 Å². The Balaban J connectivity index is 2.59. The van der Waals surface area contributed by atoms with E-state index in [0.29, 0.717) is 0 Å². The van der Waals surface area contributed by atoms with E-state index in [4.69, 9.17) is 9.84 Å². The zero-order valence-electron chi connectivity index (χ0n) is 10.7. The number of carboxylic acid groups (broad SMARTS) is 1. The van der Waals surface area contributed by atoms with Crippen molar-refractivity contribution < 1.29 is 29.0 Å². The number of hydrogen-bond acceptors (Lipinski definition) is 5. The van der Waals surface area contributed by atoms with Crippen LogP contribution in [0, 0.1) is 11.8 Å². The number of carboxylic acids is 1. The highest BCUT2D eigenvalue weighted by molar-refractivity contribution is 5.90. The lowest BCUT2D eigenvalue weighted by atomic mass is 10.2. The van der Waals surface area contributed by atoms with Gasteiger partial charge < -0.3 is 19.9 Å². The second-order valence-corrected chi connectivity index (χ2v) is 5.08. The number of carbonyl (C=O) groups is 3. The van der Waals surface area contributed by atoms with E-state index in [1.165, 1.54) is 7.11 Å². The molecule has 1 amide bonds. The highest BCUT2D eigenvalue weighted by atomic mass is 16.6. The standard InChI is InChI=1S/C11H17NO6/c1-11(2,3)18-10(16)12-7-5(8(13)14)6(7)9(15)17-4/h5-7H,1-4H3,(H,12,16)(H,13,14)/t5-,6-,7+/m0/s1. The first-order chi connectivity index (χ1) is 8.17. The molecule has 0 aromatic rings. The first-order valence-corrected chi connectivity index (χ1v) is 5.47. The fraction of sp³-hybridized carbons (Fsp3) is 0.727. The van der Waals surface area contributed by atoms with Gasteiger partial charge in [0, 0.05) is 0 Å². The van der Waals surface area contributed by atoms with Gasteiger partial charge in [0.15, 0.2) is 0 Å². The maximum absolute atomic E-state index is 11.5. The van der Waals surface area contributed by atoms with Crippen LogP contribution in [0.2, 0.25) is 0 Å². The summed E-state index contributed by atoms with van der Waals surface area (Å²) in [7, 11) is 1.17. The summed E-state index contributed by atoms with van der Waals surface area (Å²) < 4.78 is 9.46. The van der Waals surface area contributed by atoms with Crippen molar-refractivity contribution in [3.63, 3.8) is 0 Å². The molecule has 0 aromatic heterocycles. The molecule has 1 aliphatic carbocycles. The van der Waals surface area contributed by atoms with Gasteiger partial charge in [-0.15, -0.1) is 0 Å². The van der Waals surface area contributed by atoms with E-state index in [0.717, 1.165) is 0 Å². The van der Waals surface area contributed by atoms with Crippen LogP contribution in [0.1, 0.15) is 20.8 Å². The van der Waals surface area contributed by atoms with Crippen molar-refractivity contribution in [2.45, 2.75) is 32.4 Å². The van der Waals surface area contributed by atoms with Crippen LogP contribution in [0.25, 0.3) is 0 Å². The third kappa shape index (κ3) is 3.35. The molecule has 0 aliphatic heterocycles. The Hall–Kier alpha value is -1.79. The highest BCUT2D eigenvalue weighted by Crippen LogP contribution is 2.40. The second kappa shape index (κ2) is 4.83. The summed E-state index contributed by atoms with van der Waals surface area (Å²) in [5.41, 5.74) is -0.682. The van der Waals surface area contributed by atoms with Crippen LogP contribution in [0.5, 0.6) is 0 Å². The first-order valence-electron chi connectivity index (χ1n) is 5.47. The summed E-state index contributed by atoms with van der Waals surface area (Å²) in [6, 6.07) is -0.773. The second-order valence-electron chi connectivity index (χ2n) is 5.08. The maximum Gasteiger partial charge on any atom is 0.407 e. The Labute approximate surface area is 104 Å². The van der Waals surface area contributed by atoms with Gasteiger partial charge in [0.1, 0.15) is 5.60 Å². The lowest BCUT2D eigenvalue weighted by Gasteiger charge is -2.19. The molecular formula is C11H17NO6. The molecule has 1 fully saturated rings. The van der Waals surface area contributed by atoms with Crippen molar-refractivity contribution in [2.75, 3.05) is 7.11 Å². The van der Waals surface area contributed by atoms with Gasteiger partial charge in [-0.3, -0.25) is 9.59 Å². The Morgan fingerprint density at radius 1 is 1.17 bits per heavy atom. The number of methoxy groups -OCH3 is 1. The minimum Gasteiger partial charge on any atom is -0.481 e. The van der Waals surface area contributed by atoms with E-state index in [1.807, 2.05) is 0 Å². The number of hydrogen-bond donors (Lipinski definition) is 2. The number of nitrogens with one attached hydrogen (secondary N) is 1. The van der Waals surface area contributed by atoms with Crippen molar-refractivity contribution in [3.8, 4) is 0 Å². The van der Waals surface area contributed by atoms with E-state index in [1.54, 1.807) is 20.8 Å². The molecule has 0 radical (unpaired) electrons. The van der Waals surface area contributed by atoms with Gasteiger partial charge in [0.2, 0.25) is 0 Å². The van der Waals surface area contributed by atoms with E-state index in [-0.39, 0.29) is 0 Å². The van der Waals surface area contributed by atoms with Crippen molar-refractivity contribution >= 4 is 18.0 Å². The molecule has 1 aliphatic rings. The number of ether oxygens (including phenoxy) is 2. The quantitative estimate of drug-likeness (QED) is 0.710. The minimum atomic E-state index is -1.15. The molecule has 1 saturated carbocycles. The van der Waals surface area contributed by atoms with Crippen LogP contribution in [0.15, 0.2) is 0 Å². The fourth-order valence-electron chi connectivity index (χ4n) is 1.67. The summed E-state index contributed by atoms with van der Waals surface area (Å²) in [5, 5.41) is 11.2. The zero-order valence-corrected chi connectivity index (χ0v) is 10.7. The smallest absolute Gasteiger partial charge is 0.407 e. The molecule has 2 N–H and O–H groups in total. The molecule has 0 unspecified atom stereocenters. The largest absolute Gasteiger partial charge is 0.481 e. The van der Waals surface area contributed by atoms with Crippen LogP contribution in [0.4, 0.5) is 4.79 Å². The van der Waals surface area contributed by atoms with Crippen LogP contribution in [0.3, 0.4) is 0 Å². The fourth-order valence-corrected chi connectivity index (χ4v) is 1.67. The number of amides is 1. The van der Waals surface area contributed by atoms with Crippen molar-refractivity contribution in [1.82, 2.24) is 5.32 Å². The van der Waals surface area contributed by atoms with Crippen molar-refractivity contribution in [3.05, 3.63) is 0 Å². The van der Waals surface area contributed by atoms with Gasteiger partial charge in [-0.05, 0) is 20.8 Å². The van der Waals surface area contributed by atoms with Crippen molar-refractivity contribution in [2.24, 2.45) is 11.8 Å². The van der Waals surface area contributed by atoms with E-state index < -0.39 is 41.5 Å². The Bertz CT molecular complexity index is 372. The number of carbonyl (C=O) groups excluding carboxylic acids is 2. The van der Waals surface area contributed by atoms with Gasteiger partial charge in [-0.2, -0.15) is 0 Å². The predicted molar refractivity (Wildman–Crippen MR) is 59.8 cm³/mol. The van der Waals surface area contributed by atoms with E-state index in [9.17, 15) is 14.4 Å². The average Bonchev–Trinajstić information content (AvgIpc) is 2.87. The van der Waals surface area contributed by atoms with Gasteiger partial charge in [-0.25, -0.2) is 4.79 Å². The Morgan fingerprint density at radius 3 is 2.11 bits per heavy atom. The molecule has 102 valence electrons. The van der Waals surface area contributed by atoms with E-state index >= 15 is 0 Å². The predicted octanol–water partition coefficient (Wildman–Crippen LogP) is 0.383. The normalized spacial score (nSPS) is 26.1. The molecule has 7 heteroatoms. The molecule has 0 heterocycles. The lowest BCUT2D eigenvalue weighted by Crippen LogP contribution is -2.35. The number of alkyl carbamates (subject to hydrolysis) is 1. The topological polar surface area (TPSA) is 102 Å². The molecule has 18 heavy (non-hydrogen) atoms. The first kappa shape index (κ1) is 14.3. The number of esters is 1. The summed E-state index contributed by atoms with van der Waals surface area (Å²) >= 11 is 0. The SMILES string of the molecule is COC(=O)[C@@H]1[C@H](NC(=O)OC(C)(C)C)[C@H]1C(=O)O. The third-order valence-corrected chi connectivity index (χ3v) is 2.46. The molecule has 3 atom stereocenters. The molecule has 0 aromatic carbocycles. The molecule has 0 bridgehead atoms. The summed E-state index contributed by atoms with van der Waals surface area (Å²) in [5.74, 6) is -3.60. The van der Waals surface area contributed by atoms with Crippen molar-refractivity contribution in [1.29, 1.82) is 0 Å². The van der Waals surface area contributed by atoms with Crippen LogP contribution < -0.4 is 5.32 Å². The van der Waals surface area contributed by atoms with Crippen LogP contribution in [-0.4, -0.2) is 41.9 Å². The van der Waals surface area contributed by atoms with Gasteiger partial charge in [0.25, 0.3) is 0 Å². The Morgan fingerprint density at radius 2 is 1.72 bits per heavy atom. The molecule has 0 saturated heterocycles. The molecule has 0 spiro atoms. The van der Waals surface area contributed by atoms with Gasteiger partial charge in [0.05, 0.1) is 25.0 Å². The van der Waals surface area contributed by atoms with Crippen LogP contribution >= 0.6 is 0 Å². The summed E-state index contributed by atoms with van der Waals surface area (Å²) in [6.07, 6.45) is -0.745. The average molecular weight is 259 g/mol. The minimum absolute atomic E-state index is 0.650. The number of aliphatic carboxylic acids is 1. The monoisotopic (exact) mass is 259 g/mol. The maximum atomic E-state index is 11.5. The number of rotatable bonds is 3. The highest BCUT2D eigenvalue weighted by Gasteiger charge is 2.61. The van der Waals surface area contributed by atoms with Crippen LogP contribution in [-0.2, 0) is 19.1 Å². The molecular weight excluding hydrogens is 242 g/mol. The molecule has 7 nitrogen and oxygen atoms in total. The molecule has 1 rings (SSSR count). The Kier molecular flexibility index (Phi) is 3.83.